The van der Waals surface area contributed by atoms with Gasteiger partial charge in [-0.3, -0.25) is 9.78 Å². The quantitative estimate of drug-likeness (QED) is 0.840. The van der Waals surface area contributed by atoms with Crippen molar-refractivity contribution < 1.29 is 14.6 Å². The molecular formula is C16H14N2O3. The lowest BCUT2D eigenvalue weighted by atomic mass is 10.1. The number of nitrogens with one attached hydrogen (secondary N) is 1. The van der Waals surface area contributed by atoms with Gasteiger partial charge in [0.1, 0.15) is 12.4 Å². The number of nitrogens with zero attached hydrogens (tertiary/aromatic N) is 1. The third-order valence-corrected chi connectivity index (χ3v) is 2.68. The van der Waals surface area contributed by atoms with Gasteiger partial charge in [-0.2, -0.15) is 0 Å². The standard InChI is InChI=1S/C16H14N2O3/c1-21-15-7-6-13(10-12(15)4-3-9-19)16(20)18-14-5-2-8-17-11-14/h2,5-8,10-11,19H,9H2,1H3,(H,18,20). The van der Waals surface area contributed by atoms with Crippen molar-refractivity contribution in [2.45, 2.75) is 0 Å². The van der Waals surface area contributed by atoms with Crippen LogP contribution in [0.25, 0.3) is 0 Å². The van der Waals surface area contributed by atoms with E-state index >= 15 is 0 Å². The molecule has 1 aromatic carbocycles. The number of rotatable bonds is 3. The largest absolute Gasteiger partial charge is 0.495 e. The number of aliphatic hydroxyl groups is 1. The van der Waals surface area contributed by atoms with Gasteiger partial charge in [-0.15, -0.1) is 0 Å². The molecule has 0 saturated heterocycles. The van der Waals surface area contributed by atoms with E-state index in [1.54, 1.807) is 42.7 Å². The number of aliphatic hydroxyl groups excluding tert-OH is 1. The molecular weight excluding hydrogens is 268 g/mol. The Bertz CT molecular complexity index is 688. The molecule has 0 radical (unpaired) electrons. The Labute approximate surface area is 122 Å². The van der Waals surface area contributed by atoms with Crippen LogP contribution >= 0.6 is 0 Å². The molecule has 5 nitrogen and oxygen atoms in total. The molecule has 5 heteroatoms. The molecule has 0 bridgehead atoms. The van der Waals surface area contributed by atoms with Crippen molar-refractivity contribution >= 4 is 11.6 Å². The van der Waals surface area contributed by atoms with E-state index in [0.717, 1.165) is 0 Å². The van der Waals surface area contributed by atoms with Gasteiger partial charge < -0.3 is 15.2 Å². The van der Waals surface area contributed by atoms with Gasteiger partial charge >= 0.3 is 0 Å². The van der Waals surface area contributed by atoms with E-state index in [2.05, 4.69) is 22.1 Å². The monoisotopic (exact) mass is 282 g/mol. The van der Waals surface area contributed by atoms with Crippen LogP contribution in [0.4, 0.5) is 5.69 Å². The van der Waals surface area contributed by atoms with Gasteiger partial charge in [-0.25, -0.2) is 0 Å². The van der Waals surface area contributed by atoms with Crippen LogP contribution in [-0.4, -0.2) is 29.7 Å². The summed E-state index contributed by atoms with van der Waals surface area (Å²) < 4.78 is 5.17. The lowest BCUT2D eigenvalue weighted by Gasteiger charge is -2.07. The summed E-state index contributed by atoms with van der Waals surface area (Å²) >= 11 is 0. The van der Waals surface area contributed by atoms with E-state index in [1.165, 1.54) is 7.11 Å². The van der Waals surface area contributed by atoms with Crippen LogP contribution < -0.4 is 10.1 Å². The Hall–Kier alpha value is -2.84. The maximum atomic E-state index is 12.2. The minimum Gasteiger partial charge on any atom is -0.495 e. The molecule has 2 rings (SSSR count). The summed E-state index contributed by atoms with van der Waals surface area (Å²) in [5.41, 5.74) is 1.61. The average molecular weight is 282 g/mol. The molecule has 0 fully saturated rings. The second kappa shape index (κ2) is 7.08. The van der Waals surface area contributed by atoms with Crippen LogP contribution in [0.5, 0.6) is 5.75 Å². The molecule has 0 aliphatic heterocycles. The third-order valence-electron chi connectivity index (χ3n) is 2.68. The van der Waals surface area contributed by atoms with Crippen LogP contribution in [0.2, 0.25) is 0 Å². The van der Waals surface area contributed by atoms with Gasteiger partial charge in [0.05, 0.1) is 24.6 Å². The molecule has 21 heavy (non-hydrogen) atoms. The summed E-state index contributed by atoms with van der Waals surface area (Å²) in [6.45, 7) is -0.255. The van der Waals surface area contributed by atoms with Crippen molar-refractivity contribution in [1.29, 1.82) is 0 Å². The molecule has 0 atom stereocenters. The first kappa shape index (κ1) is 14.6. The number of pyridine rings is 1. The Morgan fingerprint density at radius 3 is 2.95 bits per heavy atom. The molecule has 0 spiro atoms. The van der Waals surface area contributed by atoms with Gasteiger partial charge in [0.25, 0.3) is 5.91 Å². The summed E-state index contributed by atoms with van der Waals surface area (Å²) in [7, 11) is 1.52. The van der Waals surface area contributed by atoms with Crippen molar-refractivity contribution in [3.05, 3.63) is 53.9 Å². The molecule has 0 saturated carbocycles. The Balaban J connectivity index is 2.25. The maximum Gasteiger partial charge on any atom is 0.255 e. The predicted octanol–water partition coefficient (Wildman–Crippen LogP) is 1.69. The fourth-order valence-electron chi connectivity index (χ4n) is 1.72. The number of hydrogen-bond donors (Lipinski definition) is 2. The summed E-state index contributed by atoms with van der Waals surface area (Å²) in [6, 6.07) is 8.42. The second-order valence-electron chi connectivity index (χ2n) is 4.07. The molecule has 1 amide bonds. The SMILES string of the molecule is COc1ccc(C(=O)Nc2cccnc2)cc1C#CCO. The summed E-state index contributed by atoms with van der Waals surface area (Å²) in [4.78, 5) is 16.1. The molecule has 0 unspecified atom stereocenters. The fourth-order valence-corrected chi connectivity index (χ4v) is 1.72. The minimum absolute atomic E-state index is 0.255. The smallest absolute Gasteiger partial charge is 0.255 e. The summed E-state index contributed by atoms with van der Waals surface area (Å²) in [5, 5.41) is 11.5. The zero-order valence-electron chi connectivity index (χ0n) is 11.5. The van der Waals surface area contributed by atoms with Gasteiger partial charge in [0, 0.05) is 11.8 Å². The number of hydrogen-bond acceptors (Lipinski definition) is 4. The Kier molecular flexibility index (Phi) is 4.91. The van der Waals surface area contributed by atoms with Crippen LogP contribution in [0, 0.1) is 11.8 Å². The van der Waals surface area contributed by atoms with Crippen LogP contribution in [0.3, 0.4) is 0 Å². The number of ether oxygens (including phenoxy) is 1. The molecule has 0 aliphatic rings. The highest BCUT2D eigenvalue weighted by molar-refractivity contribution is 6.04. The maximum absolute atomic E-state index is 12.2. The Morgan fingerprint density at radius 1 is 1.43 bits per heavy atom. The highest BCUT2D eigenvalue weighted by Gasteiger charge is 2.09. The van der Waals surface area contributed by atoms with Gasteiger partial charge in [-0.1, -0.05) is 11.8 Å². The minimum atomic E-state index is -0.266. The zero-order valence-corrected chi connectivity index (χ0v) is 11.5. The number of amides is 1. The van der Waals surface area contributed by atoms with Crippen molar-refractivity contribution in [2.75, 3.05) is 19.0 Å². The van der Waals surface area contributed by atoms with E-state index < -0.39 is 0 Å². The van der Waals surface area contributed by atoms with Crippen molar-refractivity contribution in [3.63, 3.8) is 0 Å². The first-order chi connectivity index (χ1) is 10.2. The van der Waals surface area contributed by atoms with E-state index in [0.29, 0.717) is 22.6 Å². The molecule has 1 heterocycles. The summed E-state index contributed by atoms with van der Waals surface area (Å²) in [5.74, 6) is 5.58. The van der Waals surface area contributed by atoms with Gasteiger partial charge in [-0.05, 0) is 30.3 Å². The number of anilines is 1. The van der Waals surface area contributed by atoms with Crippen LogP contribution in [0.1, 0.15) is 15.9 Å². The molecule has 106 valence electrons. The van der Waals surface area contributed by atoms with Crippen molar-refractivity contribution in [2.24, 2.45) is 0 Å². The molecule has 2 aromatic rings. The van der Waals surface area contributed by atoms with Crippen molar-refractivity contribution in [3.8, 4) is 17.6 Å². The normalized spacial score (nSPS) is 9.43. The van der Waals surface area contributed by atoms with E-state index in [4.69, 9.17) is 9.84 Å². The number of methoxy groups -OCH3 is 1. The Morgan fingerprint density at radius 2 is 2.29 bits per heavy atom. The third kappa shape index (κ3) is 3.81. The van der Waals surface area contributed by atoms with E-state index in [9.17, 15) is 4.79 Å². The number of carbonyl (C=O) groups excluding carboxylic acids is 1. The fraction of sp³-hybridized carbons (Fsp3) is 0.125. The predicted molar refractivity (Wildman–Crippen MR) is 79.1 cm³/mol. The molecule has 1 aromatic heterocycles. The lowest BCUT2D eigenvalue weighted by molar-refractivity contribution is 0.102. The highest BCUT2D eigenvalue weighted by atomic mass is 16.5. The van der Waals surface area contributed by atoms with E-state index in [1.807, 2.05) is 0 Å². The highest BCUT2D eigenvalue weighted by Crippen LogP contribution is 2.19. The van der Waals surface area contributed by atoms with Crippen LogP contribution in [-0.2, 0) is 0 Å². The second-order valence-corrected chi connectivity index (χ2v) is 4.07. The first-order valence-corrected chi connectivity index (χ1v) is 6.23. The summed E-state index contributed by atoms with van der Waals surface area (Å²) in [6.07, 6.45) is 3.19. The topological polar surface area (TPSA) is 71.5 Å². The molecule has 2 N–H and O–H groups in total. The van der Waals surface area contributed by atoms with Gasteiger partial charge in [0.2, 0.25) is 0 Å². The van der Waals surface area contributed by atoms with Crippen LogP contribution in [0.15, 0.2) is 42.7 Å². The van der Waals surface area contributed by atoms with E-state index in [-0.39, 0.29) is 12.5 Å². The first-order valence-electron chi connectivity index (χ1n) is 6.23. The number of benzene rings is 1. The number of aromatic nitrogens is 1. The van der Waals surface area contributed by atoms with Crippen molar-refractivity contribution in [1.82, 2.24) is 4.98 Å². The van der Waals surface area contributed by atoms with Gasteiger partial charge in [0.15, 0.2) is 0 Å². The number of carbonyl (C=O) groups is 1. The average Bonchev–Trinajstić information content (AvgIpc) is 2.53. The lowest BCUT2D eigenvalue weighted by Crippen LogP contribution is -2.12. The molecule has 0 aliphatic carbocycles. The zero-order chi connectivity index (χ0) is 15.1.